The summed E-state index contributed by atoms with van der Waals surface area (Å²) in [5.41, 5.74) is -1.01. The van der Waals surface area contributed by atoms with Gasteiger partial charge in [-0.2, -0.15) is 0 Å². The minimum absolute atomic E-state index is 0.154. The second kappa shape index (κ2) is 7.60. The molecule has 3 aromatic carbocycles. The van der Waals surface area contributed by atoms with Gasteiger partial charge in [0.1, 0.15) is 5.75 Å². The molecule has 2 amide bonds. The molecule has 3 atom stereocenters. The maximum Gasteiger partial charge on any atom is 0.241 e. The number of hydrogen-bond donors (Lipinski definition) is 0. The van der Waals surface area contributed by atoms with Crippen LogP contribution in [0.5, 0.6) is 5.75 Å². The van der Waals surface area contributed by atoms with Crippen LogP contribution in [0.1, 0.15) is 32.4 Å². The van der Waals surface area contributed by atoms with Crippen molar-refractivity contribution in [3.05, 3.63) is 94.5 Å². The highest BCUT2D eigenvalue weighted by molar-refractivity contribution is 6.37. The molecule has 3 aliphatic rings. The Hall–Kier alpha value is -3.81. The minimum atomic E-state index is -2.12. The van der Waals surface area contributed by atoms with E-state index in [2.05, 4.69) is 0 Å². The van der Waals surface area contributed by atoms with Crippen LogP contribution >= 0.6 is 11.6 Å². The van der Waals surface area contributed by atoms with E-state index in [0.717, 1.165) is 4.90 Å². The lowest BCUT2D eigenvalue weighted by atomic mass is 9.77. The molecule has 0 N–H and O–H groups in total. The molecule has 1 aliphatic carbocycles. The van der Waals surface area contributed by atoms with Crippen molar-refractivity contribution in [2.45, 2.75) is 11.7 Å². The Bertz CT molecular complexity index is 1400. The molecule has 2 saturated heterocycles. The van der Waals surface area contributed by atoms with Crippen molar-refractivity contribution in [3.8, 4) is 5.75 Å². The van der Waals surface area contributed by atoms with E-state index < -0.39 is 46.9 Å². The van der Waals surface area contributed by atoms with Crippen molar-refractivity contribution in [2.24, 2.45) is 11.8 Å². The molecule has 6 rings (SSSR count). The van der Waals surface area contributed by atoms with Crippen LogP contribution in [0, 0.1) is 11.8 Å². The van der Waals surface area contributed by atoms with Crippen molar-refractivity contribution in [1.29, 1.82) is 0 Å². The van der Waals surface area contributed by atoms with Gasteiger partial charge in [0, 0.05) is 16.1 Å². The number of Topliss-reactive ketones (excluding diaryl/α,β-unsaturated/α-hetero) is 2. The number of anilines is 1. The Balaban J connectivity index is 1.56. The predicted molar refractivity (Wildman–Crippen MR) is 126 cm³/mol. The lowest BCUT2D eigenvalue weighted by molar-refractivity contribution is -0.127. The zero-order valence-corrected chi connectivity index (χ0v) is 19.2. The summed E-state index contributed by atoms with van der Waals surface area (Å²) in [6.45, 7) is 0. The normalized spacial score (nSPS) is 24.3. The molecule has 0 radical (unpaired) electrons. The number of ketones is 2. The van der Waals surface area contributed by atoms with Crippen LogP contribution in [-0.2, 0) is 14.3 Å². The van der Waals surface area contributed by atoms with Crippen LogP contribution in [-0.4, -0.2) is 36.1 Å². The first kappa shape index (κ1) is 21.7. The van der Waals surface area contributed by atoms with Crippen LogP contribution < -0.4 is 9.64 Å². The molecule has 3 aromatic rings. The summed E-state index contributed by atoms with van der Waals surface area (Å²) in [6, 6.07) is 19.8. The van der Waals surface area contributed by atoms with Gasteiger partial charge in [-0.25, -0.2) is 4.90 Å². The van der Waals surface area contributed by atoms with Crippen molar-refractivity contribution in [3.63, 3.8) is 0 Å². The van der Waals surface area contributed by atoms with Crippen molar-refractivity contribution in [2.75, 3.05) is 12.0 Å². The zero-order valence-electron chi connectivity index (χ0n) is 18.4. The van der Waals surface area contributed by atoms with Crippen LogP contribution in [0.3, 0.4) is 0 Å². The number of hydrogen-bond acceptors (Lipinski definition) is 6. The molecular formula is C27H18ClNO6. The summed E-state index contributed by atoms with van der Waals surface area (Å²) in [4.78, 5) is 56.3. The summed E-state index contributed by atoms with van der Waals surface area (Å²) in [6.07, 6.45) is -0.977. The van der Waals surface area contributed by atoms with Crippen molar-refractivity contribution < 1.29 is 28.7 Å². The van der Waals surface area contributed by atoms with Gasteiger partial charge < -0.3 is 9.47 Å². The van der Waals surface area contributed by atoms with Gasteiger partial charge in [0.05, 0.1) is 30.7 Å². The number of rotatable bonds is 3. The molecule has 2 heterocycles. The predicted octanol–water partition coefficient (Wildman–Crippen LogP) is 4.04. The number of amides is 2. The molecular weight excluding hydrogens is 470 g/mol. The quantitative estimate of drug-likeness (QED) is 0.409. The van der Waals surface area contributed by atoms with Gasteiger partial charge in [0.2, 0.25) is 29.0 Å². The number of benzene rings is 3. The number of carbonyl (C=O) groups excluding carboxylic acids is 4. The Kier molecular flexibility index (Phi) is 4.71. The number of methoxy groups -OCH3 is 1. The second-order valence-corrected chi connectivity index (χ2v) is 9.16. The van der Waals surface area contributed by atoms with Crippen molar-refractivity contribution >= 4 is 40.7 Å². The third-order valence-corrected chi connectivity index (χ3v) is 7.26. The lowest BCUT2D eigenvalue weighted by Gasteiger charge is -2.27. The third-order valence-electron chi connectivity index (χ3n) is 7.03. The Morgan fingerprint density at radius 3 is 2.11 bits per heavy atom. The number of fused-ring (bicyclic) bond motifs is 3. The van der Waals surface area contributed by atoms with Gasteiger partial charge in [0.25, 0.3) is 0 Å². The van der Waals surface area contributed by atoms with Crippen LogP contribution in [0.2, 0.25) is 5.02 Å². The number of halogens is 1. The zero-order chi connectivity index (χ0) is 24.5. The molecule has 0 aromatic heterocycles. The standard InChI is InChI=1S/C27H18ClNO6/c1-34-19-12-11-15(28)13-18(19)29-25(32)20-21(26(29)33)27(35-22(20)14-7-3-2-4-8-14)23(30)16-9-5-6-10-17(16)24(27)31/h2-13,20-22H,1H3/t20-,21+,22-/m0/s1. The highest BCUT2D eigenvalue weighted by Crippen LogP contribution is 2.58. The molecule has 174 valence electrons. The largest absolute Gasteiger partial charge is 0.495 e. The van der Waals surface area contributed by atoms with Gasteiger partial charge in [-0.3, -0.25) is 19.2 Å². The molecule has 2 aliphatic heterocycles. The van der Waals surface area contributed by atoms with E-state index in [-0.39, 0.29) is 22.6 Å². The Morgan fingerprint density at radius 2 is 1.49 bits per heavy atom. The molecule has 0 unspecified atom stereocenters. The molecule has 1 spiro atoms. The van der Waals surface area contributed by atoms with E-state index in [1.807, 2.05) is 0 Å². The average molecular weight is 488 g/mol. The van der Waals surface area contributed by atoms with E-state index in [9.17, 15) is 19.2 Å². The SMILES string of the molecule is COc1ccc(Cl)cc1N1C(=O)[C@@H]2[C@H](c3ccccc3)OC3(C(=O)c4ccccc4C3=O)[C@H]2C1=O. The maximum absolute atomic E-state index is 14.0. The van der Waals surface area contributed by atoms with E-state index in [1.54, 1.807) is 54.6 Å². The lowest BCUT2D eigenvalue weighted by Crippen LogP contribution is -2.51. The minimum Gasteiger partial charge on any atom is -0.495 e. The van der Waals surface area contributed by atoms with Gasteiger partial charge in [-0.1, -0.05) is 66.2 Å². The van der Waals surface area contributed by atoms with Gasteiger partial charge in [-0.05, 0) is 23.8 Å². The summed E-state index contributed by atoms with van der Waals surface area (Å²) in [5, 5.41) is 0.296. The van der Waals surface area contributed by atoms with E-state index >= 15 is 0 Å². The fraction of sp³-hybridized carbons (Fsp3) is 0.185. The van der Waals surface area contributed by atoms with Gasteiger partial charge in [-0.15, -0.1) is 0 Å². The van der Waals surface area contributed by atoms with Gasteiger partial charge >= 0.3 is 0 Å². The van der Waals surface area contributed by atoms with E-state index in [1.165, 1.54) is 25.3 Å². The number of carbonyl (C=O) groups is 4. The molecule has 8 heteroatoms. The monoisotopic (exact) mass is 487 g/mol. The average Bonchev–Trinajstić information content (AvgIpc) is 3.44. The van der Waals surface area contributed by atoms with Crippen LogP contribution in [0.4, 0.5) is 5.69 Å². The first-order valence-corrected chi connectivity index (χ1v) is 11.4. The molecule has 7 nitrogen and oxygen atoms in total. The first-order chi connectivity index (χ1) is 16.9. The third kappa shape index (κ3) is 2.76. The first-order valence-electron chi connectivity index (χ1n) is 11.0. The number of nitrogens with zero attached hydrogens (tertiary/aromatic N) is 1. The highest BCUT2D eigenvalue weighted by Gasteiger charge is 2.74. The molecule has 2 fully saturated rings. The smallest absolute Gasteiger partial charge is 0.241 e. The van der Waals surface area contributed by atoms with Crippen LogP contribution in [0.25, 0.3) is 0 Å². The molecule has 35 heavy (non-hydrogen) atoms. The fourth-order valence-electron chi connectivity index (χ4n) is 5.54. The van der Waals surface area contributed by atoms with Crippen molar-refractivity contribution in [1.82, 2.24) is 0 Å². The highest BCUT2D eigenvalue weighted by atomic mass is 35.5. The Morgan fingerprint density at radius 1 is 0.857 bits per heavy atom. The number of imide groups is 1. The van der Waals surface area contributed by atoms with Crippen LogP contribution in [0.15, 0.2) is 72.8 Å². The molecule has 0 bridgehead atoms. The topological polar surface area (TPSA) is 90.0 Å². The van der Waals surface area contributed by atoms with E-state index in [4.69, 9.17) is 21.1 Å². The summed E-state index contributed by atoms with van der Waals surface area (Å²) >= 11 is 6.18. The number of ether oxygens (including phenoxy) is 2. The van der Waals surface area contributed by atoms with Gasteiger partial charge in [0.15, 0.2) is 0 Å². The Labute approximate surface area is 205 Å². The molecule has 0 saturated carbocycles. The van der Waals surface area contributed by atoms with E-state index in [0.29, 0.717) is 10.6 Å². The summed E-state index contributed by atoms with van der Waals surface area (Å²) in [5.74, 6) is -4.65. The summed E-state index contributed by atoms with van der Waals surface area (Å²) in [7, 11) is 1.41. The second-order valence-electron chi connectivity index (χ2n) is 8.72. The maximum atomic E-state index is 14.0. The summed E-state index contributed by atoms with van der Waals surface area (Å²) < 4.78 is 11.6. The fourth-order valence-corrected chi connectivity index (χ4v) is 5.70.